The highest BCUT2D eigenvalue weighted by Crippen LogP contribution is 2.46. The van der Waals surface area contributed by atoms with Crippen LogP contribution in [0.25, 0.3) is 0 Å². The maximum Gasteiger partial charge on any atom is 0.218 e. The van der Waals surface area contributed by atoms with Crippen LogP contribution in [0, 0.1) is 5.41 Å². The van der Waals surface area contributed by atoms with Gasteiger partial charge in [-0.15, -0.1) is 0 Å². The average molecular weight is 281 g/mol. The highest BCUT2D eigenvalue weighted by Gasteiger charge is 2.39. The Morgan fingerprint density at radius 1 is 1.58 bits per heavy atom. The second-order valence-electron chi connectivity index (χ2n) is 6.18. The van der Waals surface area contributed by atoms with Gasteiger partial charge in [0.25, 0.3) is 0 Å². The Morgan fingerprint density at radius 3 is 2.89 bits per heavy atom. The lowest BCUT2D eigenvalue weighted by Gasteiger charge is -2.31. The fourth-order valence-corrected chi connectivity index (χ4v) is 3.15. The molecule has 0 saturated carbocycles. The molecule has 0 heterocycles. The van der Waals surface area contributed by atoms with E-state index in [-0.39, 0.29) is 23.4 Å². The molecule has 3 nitrogen and oxygen atoms in total. The van der Waals surface area contributed by atoms with E-state index in [9.17, 15) is 4.79 Å². The van der Waals surface area contributed by atoms with Gasteiger partial charge in [0.1, 0.15) is 0 Å². The summed E-state index contributed by atoms with van der Waals surface area (Å²) in [5.74, 6) is -0.276. The SMILES string of the molecule is CC(CC(N)=O)NC1c2cc(Cl)ccc2CC1(C)C. The topological polar surface area (TPSA) is 55.1 Å². The van der Waals surface area contributed by atoms with Gasteiger partial charge >= 0.3 is 0 Å². The second-order valence-corrected chi connectivity index (χ2v) is 6.62. The number of halogens is 1. The first-order chi connectivity index (χ1) is 8.79. The molecule has 0 spiro atoms. The molecule has 19 heavy (non-hydrogen) atoms. The van der Waals surface area contributed by atoms with Gasteiger partial charge in [0, 0.05) is 23.5 Å². The van der Waals surface area contributed by atoms with Crippen molar-refractivity contribution in [3.05, 3.63) is 34.3 Å². The number of fused-ring (bicyclic) bond motifs is 1. The zero-order valence-electron chi connectivity index (χ0n) is 11.7. The van der Waals surface area contributed by atoms with Crippen molar-refractivity contribution >= 4 is 17.5 Å². The third-order valence-corrected chi connectivity index (χ3v) is 4.04. The summed E-state index contributed by atoms with van der Waals surface area (Å²) in [5, 5.41) is 4.28. The van der Waals surface area contributed by atoms with E-state index in [1.54, 1.807) is 0 Å². The van der Waals surface area contributed by atoms with E-state index < -0.39 is 0 Å². The smallest absolute Gasteiger partial charge is 0.218 e. The van der Waals surface area contributed by atoms with Crippen LogP contribution in [0.2, 0.25) is 5.02 Å². The Hall–Kier alpha value is -1.06. The summed E-state index contributed by atoms with van der Waals surface area (Å²) in [6, 6.07) is 6.33. The van der Waals surface area contributed by atoms with E-state index in [4.69, 9.17) is 17.3 Å². The number of benzene rings is 1. The fraction of sp³-hybridized carbons (Fsp3) is 0.533. The van der Waals surface area contributed by atoms with Crippen molar-refractivity contribution < 1.29 is 4.79 Å². The van der Waals surface area contributed by atoms with Gasteiger partial charge in [-0.05, 0) is 42.0 Å². The first-order valence-electron chi connectivity index (χ1n) is 6.62. The molecule has 1 aromatic rings. The average Bonchev–Trinajstić information content (AvgIpc) is 2.50. The Bertz CT molecular complexity index is 499. The van der Waals surface area contributed by atoms with Crippen LogP contribution in [0.5, 0.6) is 0 Å². The number of amides is 1. The van der Waals surface area contributed by atoms with E-state index in [0.29, 0.717) is 6.42 Å². The summed E-state index contributed by atoms with van der Waals surface area (Å²) in [4.78, 5) is 11.0. The molecule has 2 atom stereocenters. The van der Waals surface area contributed by atoms with Crippen LogP contribution in [0.4, 0.5) is 0 Å². The Morgan fingerprint density at radius 2 is 2.26 bits per heavy atom. The van der Waals surface area contributed by atoms with Crippen molar-refractivity contribution in [2.75, 3.05) is 0 Å². The van der Waals surface area contributed by atoms with Gasteiger partial charge in [0.15, 0.2) is 0 Å². The molecule has 2 unspecified atom stereocenters. The highest BCUT2D eigenvalue weighted by molar-refractivity contribution is 6.30. The first-order valence-corrected chi connectivity index (χ1v) is 7.00. The Labute approximate surface area is 119 Å². The molecule has 1 amide bonds. The van der Waals surface area contributed by atoms with Crippen LogP contribution in [0.15, 0.2) is 18.2 Å². The molecule has 0 fully saturated rings. The summed E-state index contributed by atoms with van der Waals surface area (Å²) in [5.41, 5.74) is 7.94. The van der Waals surface area contributed by atoms with Crippen LogP contribution in [-0.4, -0.2) is 11.9 Å². The molecule has 1 aliphatic rings. The summed E-state index contributed by atoms with van der Waals surface area (Å²) in [6.45, 7) is 6.45. The zero-order chi connectivity index (χ0) is 14.2. The molecule has 1 aliphatic carbocycles. The predicted octanol–water partition coefficient (Wildman–Crippen LogP) is 2.82. The molecular formula is C15H21ClN2O. The van der Waals surface area contributed by atoms with Crippen LogP contribution < -0.4 is 11.1 Å². The minimum Gasteiger partial charge on any atom is -0.370 e. The van der Waals surface area contributed by atoms with Crippen LogP contribution in [0.3, 0.4) is 0 Å². The largest absolute Gasteiger partial charge is 0.370 e. The van der Waals surface area contributed by atoms with Crippen LogP contribution in [-0.2, 0) is 11.2 Å². The Balaban J connectivity index is 2.24. The molecule has 2 rings (SSSR count). The summed E-state index contributed by atoms with van der Waals surface area (Å²) >= 11 is 6.10. The molecule has 4 heteroatoms. The lowest BCUT2D eigenvalue weighted by Crippen LogP contribution is -2.39. The van der Waals surface area contributed by atoms with Gasteiger partial charge in [0.2, 0.25) is 5.91 Å². The lowest BCUT2D eigenvalue weighted by atomic mass is 9.85. The number of nitrogens with two attached hydrogens (primary N) is 1. The summed E-state index contributed by atoms with van der Waals surface area (Å²) in [7, 11) is 0. The highest BCUT2D eigenvalue weighted by atomic mass is 35.5. The second kappa shape index (κ2) is 5.14. The minimum atomic E-state index is -0.276. The molecule has 0 aromatic heterocycles. The van der Waals surface area contributed by atoms with E-state index in [0.717, 1.165) is 11.4 Å². The zero-order valence-corrected chi connectivity index (χ0v) is 12.4. The van der Waals surface area contributed by atoms with Crippen molar-refractivity contribution in [3.8, 4) is 0 Å². The van der Waals surface area contributed by atoms with Crippen molar-refractivity contribution in [1.82, 2.24) is 5.32 Å². The minimum absolute atomic E-state index is 0.0618. The summed E-state index contributed by atoms with van der Waals surface area (Å²) < 4.78 is 0. The van der Waals surface area contributed by atoms with Crippen molar-refractivity contribution in [3.63, 3.8) is 0 Å². The van der Waals surface area contributed by atoms with E-state index in [1.165, 1.54) is 11.1 Å². The molecular weight excluding hydrogens is 260 g/mol. The molecule has 0 saturated heterocycles. The quantitative estimate of drug-likeness (QED) is 0.891. The monoisotopic (exact) mass is 280 g/mol. The Kier molecular flexibility index (Phi) is 3.88. The van der Waals surface area contributed by atoms with Crippen molar-refractivity contribution in [2.24, 2.45) is 11.1 Å². The molecule has 104 valence electrons. The number of primary amides is 1. The van der Waals surface area contributed by atoms with Crippen molar-refractivity contribution in [1.29, 1.82) is 0 Å². The van der Waals surface area contributed by atoms with E-state index in [1.807, 2.05) is 19.1 Å². The van der Waals surface area contributed by atoms with Gasteiger partial charge in [-0.3, -0.25) is 4.79 Å². The number of hydrogen-bond donors (Lipinski definition) is 2. The molecule has 1 aromatic carbocycles. The van der Waals surface area contributed by atoms with Crippen LogP contribution >= 0.6 is 11.6 Å². The number of nitrogens with one attached hydrogen (secondary N) is 1. The molecule has 3 N–H and O–H groups in total. The standard InChI is InChI=1S/C15H21ClN2O/c1-9(6-13(17)19)18-14-12-7-11(16)5-4-10(12)8-15(14,2)3/h4-5,7,9,14,18H,6,8H2,1-3H3,(H2,17,19). The number of hydrogen-bond acceptors (Lipinski definition) is 2. The van der Waals surface area contributed by atoms with Gasteiger partial charge in [0.05, 0.1) is 0 Å². The maximum absolute atomic E-state index is 11.0. The molecule has 0 bridgehead atoms. The maximum atomic E-state index is 11.0. The van der Waals surface area contributed by atoms with Gasteiger partial charge < -0.3 is 11.1 Å². The van der Waals surface area contributed by atoms with Crippen LogP contribution in [0.1, 0.15) is 44.4 Å². The van der Waals surface area contributed by atoms with Gasteiger partial charge in [-0.25, -0.2) is 0 Å². The molecule has 0 aliphatic heterocycles. The van der Waals surface area contributed by atoms with E-state index in [2.05, 4.69) is 25.2 Å². The fourth-order valence-electron chi connectivity index (χ4n) is 2.97. The third kappa shape index (κ3) is 3.10. The third-order valence-electron chi connectivity index (χ3n) is 3.81. The first kappa shape index (κ1) is 14.4. The van der Waals surface area contributed by atoms with Gasteiger partial charge in [-0.2, -0.15) is 0 Å². The van der Waals surface area contributed by atoms with E-state index >= 15 is 0 Å². The summed E-state index contributed by atoms with van der Waals surface area (Å²) in [6.07, 6.45) is 1.36. The number of carbonyl (C=O) groups excluding carboxylic acids is 1. The molecule has 0 radical (unpaired) electrons. The lowest BCUT2D eigenvalue weighted by molar-refractivity contribution is -0.118. The normalized spacial score (nSPS) is 22.0. The number of rotatable bonds is 4. The number of carbonyl (C=O) groups is 1. The van der Waals surface area contributed by atoms with Crippen molar-refractivity contribution in [2.45, 2.75) is 45.7 Å². The predicted molar refractivity (Wildman–Crippen MR) is 78.1 cm³/mol. The van der Waals surface area contributed by atoms with Gasteiger partial charge in [-0.1, -0.05) is 31.5 Å².